The molecule has 0 spiro atoms. The number of likely N-dealkylation sites (N-methyl/N-ethyl adjacent to an activating group) is 1. The SMILES string of the molecule is CNCCC(C)N(C)CC1CCCO1. The van der Waals surface area contributed by atoms with Gasteiger partial charge in [0.05, 0.1) is 6.10 Å². The Labute approximate surface area is 87.8 Å². The van der Waals surface area contributed by atoms with E-state index < -0.39 is 0 Å². The predicted octanol–water partition coefficient (Wildman–Crippen LogP) is 1.10. The molecule has 1 aliphatic heterocycles. The van der Waals surface area contributed by atoms with E-state index in [1.807, 2.05) is 7.05 Å². The van der Waals surface area contributed by atoms with Gasteiger partial charge in [-0.3, -0.25) is 0 Å². The molecule has 3 heteroatoms. The van der Waals surface area contributed by atoms with Gasteiger partial charge in [-0.1, -0.05) is 0 Å². The summed E-state index contributed by atoms with van der Waals surface area (Å²) in [7, 11) is 4.20. The van der Waals surface area contributed by atoms with Gasteiger partial charge < -0.3 is 15.0 Å². The van der Waals surface area contributed by atoms with E-state index in [0.29, 0.717) is 12.1 Å². The quantitative estimate of drug-likeness (QED) is 0.695. The highest BCUT2D eigenvalue weighted by Gasteiger charge is 2.19. The number of ether oxygens (including phenoxy) is 1. The molecule has 2 atom stereocenters. The fraction of sp³-hybridized carbons (Fsp3) is 1.00. The summed E-state index contributed by atoms with van der Waals surface area (Å²) in [5.41, 5.74) is 0. The van der Waals surface area contributed by atoms with Gasteiger partial charge in [0.15, 0.2) is 0 Å². The summed E-state index contributed by atoms with van der Waals surface area (Å²) in [4.78, 5) is 2.41. The van der Waals surface area contributed by atoms with Crippen LogP contribution in [0.4, 0.5) is 0 Å². The minimum atomic E-state index is 0.483. The lowest BCUT2D eigenvalue weighted by molar-refractivity contribution is 0.0693. The maximum Gasteiger partial charge on any atom is 0.0702 e. The monoisotopic (exact) mass is 200 g/mol. The van der Waals surface area contributed by atoms with E-state index in [4.69, 9.17) is 4.74 Å². The Bertz CT molecular complexity index is 146. The second-order valence-corrected chi connectivity index (χ2v) is 4.32. The first-order chi connectivity index (χ1) is 6.74. The number of rotatable bonds is 6. The molecule has 0 bridgehead atoms. The zero-order chi connectivity index (χ0) is 10.4. The van der Waals surface area contributed by atoms with E-state index in [2.05, 4.69) is 24.2 Å². The van der Waals surface area contributed by atoms with Crippen LogP contribution in [0.15, 0.2) is 0 Å². The fourth-order valence-corrected chi connectivity index (χ4v) is 1.86. The van der Waals surface area contributed by atoms with Crippen LogP contribution >= 0.6 is 0 Å². The van der Waals surface area contributed by atoms with Crippen LogP contribution in [0.25, 0.3) is 0 Å². The van der Waals surface area contributed by atoms with Crippen molar-refractivity contribution in [1.82, 2.24) is 10.2 Å². The van der Waals surface area contributed by atoms with E-state index in [1.165, 1.54) is 19.3 Å². The standard InChI is InChI=1S/C11H24N2O/c1-10(6-7-12-2)13(3)9-11-5-4-8-14-11/h10-12H,4-9H2,1-3H3. The molecule has 1 saturated heterocycles. The first-order valence-corrected chi connectivity index (χ1v) is 5.70. The number of nitrogens with one attached hydrogen (secondary N) is 1. The van der Waals surface area contributed by atoms with E-state index >= 15 is 0 Å². The summed E-state index contributed by atoms with van der Waals surface area (Å²) in [5.74, 6) is 0. The number of hydrogen-bond donors (Lipinski definition) is 1. The van der Waals surface area contributed by atoms with Gasteiger partial charge in [-0.25, -0.2) is 0 Å². The van der Waals surface area contributed by atoms with Gasteiger partial charge in [-0.15, -0.1) is 0 Å². The van der Waals surface area contributed by atoms with Gasteiger partial charge >= 0.3 is 0 Å². The van der Waals surface area contributed by atoms with Crippen LogP contribution in [0.1, 0.15) is 26.2 Å². The molecular formula is C11H24N2O. The van der Waals surface area contributed by atoms with Crippen LogP contribution in [0.5, 0.6) is 0 Å². The molecule has 1 fully saturated rings. The molecule has 1 aliphatic rings. The van der Waals surface area contributed by atoms with Crippen LogP contribution in [0, 0.1) is 0 Å². The molecule has 0 aromatic rings. The smallest absolute Gasteiger partial charge is 0.0702 e. The van der Waals surface area contributed by atoms with Crippen molar-refractivity contribution >= 4 is 0 Å². The third-order valence-corrected chi connectivity index (χ3v) is 3.08. The molecule has 14 heavy (non-hydrogen) atoms. The zero-order valence-corrected chi connectivity index (χ0v) is 9.75. The molecule has 0 saturated carbocycles. The minimum absolute atomic E-state index is 0.483. The number of nitrogens with zero attached hydrogens (tertiary/aromatic N) is 1. The minimum Gasteiger partial charge on any atom is -0.377 e. The predicted molar refractivity (Wildman–Crippen MR) is 59.6 cm³/mol. The van der Waals surface area contributed by atoms with Crippen molar-refractivity contribution in [1.29, 1.82) is 0 Å². The Morgan fingerprint density at radius 3 is 2.93 bits per heavy atom. The van der Waals surface area contributed by atoms with Crippen molar-refractivity contribution in [3.63, 3.8) is 0 Å². The largest absolute Gasteiger partial charge is 0.377 e. The molecule has 2 unspecified atom stereocenters. The lowest BCUT2D eigenvalue weighted by Gasteiger charge is -2.27. The average molecular weight is 200 g/mol. The van der Waals surface area contributed by atoms with E-state index in [1.54, 1.807) is 0 Å². The lowest BCUT2D eigenvalue weighted by atomic mass is 10.1. The van der Waals surface area contributed by atoms with Crippen LogP contribution in [0.3, 0.4) is 0 Å². The Morgan fingerprint density at radius 1 is 1.57 bits per heavy atom. The van der Waals surface area contributed by atoms with Gasteiger partial charge in [-0.05, 0) is 46.8 Å². The molecule has 1 heterocycles. The molecule has 0 radical (unpaired) electrons. The van der Waals surface area contributed by atoms with Gasteiger partial charge in [-0.2, -0.15) is 0 Å². The Kier molecular flexibility index (Phi) is 5.45. The molecule has 1 N–H and O–H groups in total. The molecule has 3 nitrogen and oxygen atoms in total. The highest BCUT2D eigenvalue weighted by atomic mass is 16.5. The third-order valence-electron chi connectivity index (χ3n) is 3.08. The number of hydrogen-bond acceptors (Lipinski definition) is 3. The van der Waals surface area contributed by atoms with Crippen LogP contribution in [-0.2, 0) is 4.74 Å². The van der Waals surface area contributed by atoms with E-state index in [9.17, 15) is 0 Å². The second-order valence-electron chi connectivity index (χ2n) is 4.32. The van der Waals surface area contributed by atoms with Crippen molar-refractivity contribution in [2.75, 3.05) is 33.8 Å². The molecule has 84 valence electrons. The lowest BCUT2D eigenvalue weighted by Crippen LogP contribution is -2.37. The molecule has 1 rings (SSSR count). The summed E-state index contributed by atoms with van der Waals surface area (Å²) in [6.07, 6.45) is 4.17. The van der Waals surface area contributed by atoms with Crippen molar-refractivity contribution in [2.24, 2.45) is 0 Å². The molecule has 0 aromatic carbocycles. The van der Waals surface area contributed by atoms with Crippen molar-refractivity contribution in [3.05, 3.63) is 0 Å². The van der Waals surface area contributed by atoms with Gasteiger partial charge in [0, 0.05) is 19.2 Å². The maximum absolute atomic E-state index is 5.62. The summed E-state index contributed by atoms with van der Waals surface area (Å²) in [6.45, 7) is 5.43. The van der Waals surface area contributed by atoms with Crippen molar-refractivity contribution in [2.45, 2.75) is 38.3 Å². The van der Waals surface area contributed by atoms with Crippen molar-refractivity contribution < 1.29 is 4.74 Å². The zero-order valence-electron chi connectivity index (χ0n) is 9.75. The first kappa shape index (κ1) is 12.0. The van der Waals surface area contributed by atoms with Crippen LogP contribution in [0.2, 0.25) is 0 Å². The van der Waals surface area contributed by atoms with E-state index in [0.717, 1.165) is 19.7 Å². The maximum atomic E-state index is 5.62. The second kappa shape index (κ2) is 6.38. The first-order valence-electron chi connectivity index (χ1n) is 5.70. The summed E-state index contributed by atoms with van der Waals surface area (Å²) in [6, 6.07) is 0.645. The van der Waals surface area contributed by atoms with Gasteiger partial charge in [0.25, 0.3) is 0 Å². The molecular weight excluding hydrogens is 176 g/mol. The normalized spacial score (nSPS) is 24.4. The average Bonchev–Trinajstić information content (AvgIpc) is 2.66. The van der Waals surface area contributed by atoms with Crippen LogP contribution in [-0.4, -0.2) is 50.8 Å². The Hall–Kier alpha value is -0.120. The third kappa shape index (κ3) is 3.95. The highest BCUT2D eigenvalue weighted by Crippen LogP contribution is 2.14. The van der Waals surface area contributed by atoms with E-state index in [-0.39, 0.29) is 0 Å². The fourth-order valence-electron chi connectivity index (χ4n) is 1.86. The van der Waals surface area contributed by atoms with Gasteiger partial charge in [0.2, 0.25) is 0 Å². The summed E-state index contributed by atoms with van der Waals surface area (Å²) in [5, 5.41) is 3.19. The van der Waals surface area contributed by atoms with Crippen molar-refractivity contribution in [3.8, 4) is 0 Å². The summed E-state index contributed by atoms with van der Waals surface area (Å²) < 4.78 is 5.62. The van der Waals surface area contributed by atoms with Crippen LogP contribution < -0.4 is 5.32 Å². The highest BCUT2D eigenvalue weighted by molar-refractivity contribution is 4.72. The Balaban J connectivity index is 2.15. The summed E-state index contributed by atoms with van der Waals surface area (Å²) >= 11 is 0. The molecule has 0 aliphatic carbocycles. The topological polar surface area (TPSA) is 24.5 Å². The Morgan fingerprint density at radius 2 is 2.36 bits per heavy atom. The molecule has 0 amide bonds. The molecule has 0 aromatic heterocycles. The van der Waals surface area contributed by atoms with Gasteiger partial charge in [0.1, 0.15) is 0 Å².